The van der Waals surface area contributed by atoms with Crippen LogP contribution < -0.4 is 24.8 Å². The van der Waals surface area contributed by atoms with Gasteiger partial charge in [-0.3, -0.25) is 0 Å². The molecule has 0 amide bonds. The minimum absolute atomic E-state index is 0. The molecular weight excluding hydrogens is 366 g/mol. The summed E-state index contributed by atoms with van der Waals surface area (Å²) < 4.78 is 0. The predicted molar refractivity (Wildman–Crippen MR) is 73.5 cm³/mol. The summed E-state index contributed by atoms with van der Waals surface area (Å²) in [5, 5.41) is 0. The Morgan fingerprint density at radius 1 is 1.15 bits per heavy atom. The minimum atomic E-state index is 0. The van der Waals surface area contributed by atoms with Crippen LogP contribution in [0.1, 0.15) is 49.8 Å². The smallest absolute Gasteiger partial charge is 1.00 e. The summed E-state index contributed by atoms with van der Waals surface area (Å²) in [5.41, 5.74) is 8.52. The average Bonchev–Trinajstić information content (AvgIpc) is 2.94. The van der Waals surface area contributed by atoms with Crippen LogP contribution in [0.2, 0.25) is 0 Å². The molecule has 1 radical (unpaired) electrons. The molecule has 1 unspecified atom stereocenters. The van der Waals surface area contributed by atoms with Gasteiger partial charge in [0.25, 0.3) is 0 Å². The third kappa shape index (κ3) is 3.06. The first-order valence-corrected chi connectivity index (χ1v) is 6.28. The topological polar surface area (TPSA) is 0 Å². The largest absolute Gasteiger partial charge is 3.00 e. The van der Waals surface area contributed by atoms with Crippen molar-refractivity contribution in [2.75, 3.05) is 0 Å². The first kappa shape index (κ1) is 19.9. The standard InChI is InChI=1S/C17H17.2ClH.Zr/c1-11-12(2)15-9-6-10-16(17(15)13(11)3)14-7-4-5-8-14;;;/h4,6-7,9-10,12H,5H2,1-3H3;2*1H;/q-1;;;+3/p-2. The van der Waals surface area contributed by atoms with E-state index >= 15 is 0 Å². The summed E-state index contributed by atoms with van der Waals surface area (Å²) in [6.07, 6.45) is 8.77. The van der Waals surface area contributed by atoms with Crippen LogP contribution in [-0.4, -0.2) is 0 Å². The maximum Gasteiger partial charge on any atom is 3.00 e. The van der Waals surface area contributed by atoms with Crippen LogP contribution in [0.3, 0.4) is 0 Å². The van der Waals surface area contributed by atoms with Gasteiger partial charge in [0.15, 0.2) is 0 Å². The van der Waals surface area contributed by atoms with E-state index in [0.717, 1.165) is 6.42 Å². The van der Waals surface area contributed by atoms with Gasteiger partial charge in [-0.15, -0.1) is 17.7 Å². The van der Waals surface area contributed by atoms with Crippen molar-refractivity contribution in [2.45, 2.75) is 33.1 Å². The SMILES string of the molecule is CC1=C(C)C(C)c2cccc(C3=[C-]CC=C3)c21.[Cl-].[Cl-].[Zr+3]. The molecule has 0 spiro atoms. The van der Waals surface area contributed by atoms with Gasteiger partial charge in [0, 0.05) is 5.92 Å². The van der Waals surface area contributed by atoms with E-state index in [9.17, 15) is 0 Å². The van der Waals surface area contributed by atoms with Gasteiger partial charge in [-0.2, -0.15) is 17.7 Å². The molecule has 0 saturated carbocycles. The maximum atomic E-state index is 3.44. The number of rotatable bonds is 1. The predicted octanol–water partition coefficient (Wildman–Crippen LogP) is -1.25. The minimum Gasteiger partial charge on any atom is -1.00 e. The van der Waals surface area contributed by atoms with Crippen molar-refractivity contribution in [1.82, 2.24) is 0 Å². The Bertz CT molecular complexity index is 583. The van der Waals surface area contributed by atoms with Crippen LogP contribution in [0, 0.1) is 6.08 Å². The molecule has 3 rings (SSSR count). The summed E-state index contributed by atoms with van der Waals surface area (Å²) in [7, 11) is 0. The van der Waals surface area contributed by atoms with Crippen molar-refractivity contribution in [1.29, 1.82) is 0 Å². The number of hydrogen-bond donors (Lipinski definition) is 0. The molecule has 1 aromatic rings. The van der Waals surface area contributed by atoms with Gasteiger partial charge >= 0.3 is 26.2 Å². The number of halogens is 2. The number of hydrogen-bond acceptors (Lipinski definition) is 0. The summed E-state index contributed by atoms with van der Waals surface area (Å²) in [6, 6.07) is 6.67. The number of allylic oxidation sites excluding steroid dienone is 6. The molecule has 2 aliphatic rings. The molecule has 1 atom stereocenters. The van der Waals surface area contributed by atoms with Gasteiger partial charge in [-0.1, -0.05) is 42.2 Å². The van der Waals surface area contributed by atoms with Crippen molar-refractivity contribution in [3.63, 3.8) is 0 Å². The molecular formula is C17H17Cl2Zr. The van der Waals surface area contributed by atoms with Gasteiger partial charge in [0.2, 0.25) is 0 Å². The van der Waals surface area contributed by atoms with Crippen LogP contribution in [0.5, 0.6) is 0 Å². The van der Waals surface area contributed by atoms with E-state index < -0.39 is 0 Å². The second kappa shape index (κ2) is 7.78. The van der Waals surface area contributed by atoms with E-state index in [4.69, 9.17) is 0 Å². The van der Waals surface area contributed by atoms with E-state index in [1.807, 2.05) is 0 Å². The van der Waals surface area contributed by atoms with E-state index in [2.05, 4.69) is 57.2 Å². The van der Waals surface area contributed by atoms with Crippen LogP contribution in [-0.2, 0) is 26.2 Å². The Hall–Kier alpha value is -0.0969. The zero-order chi connectivity index (χ0) is 12.0. The van der Waals surface area contributed by atoms with Crippen LogP contribution in [0.15, 0.2) is 35.9 Å². The van der Waals surface area contributed by atoms with E-state index in [0.29, 0.717) is 5.92 Å². The van der Waals surface area contributed by atoms with Gasteiger partial charge in [0.05, 0.1) is 0 Å². The van der Waals surface area contributed by atoms with Gasteiger partial charge < -0.3 is 24.8 Å². The molecule has 0 nitrogen and oxygen atoms in total. The van der Waals surface area contributed by atoms with Crippen LogP contribution >= 0.6 is 0 Å². The molecule has 0 bridgehead atoms. The molecule has 0 heterocycles. The average molecular weight is 383 g/mol. The Labute approximate surface area is 153 Å². The summed E-state index contributed by atoms with van der Waals surface area (Å²) in [4.78, 5) is 0. The molecule has 0 fully saturated rings. The molecule has 0 saturated heterocycles. The van der Waals surface area contributed by atoms with Crippen LogP contribution in [0.25, 0.3) is 11.1 Å². The normalized spacial score (nSPS) is 18.8. The van der Waals surface area contributed by atoms with Gasteiger partial charge in [-0.25, -0.2) is 0 Å². The summed E-state index contributed by atoms with van der Waals surface area (Å²) in [5.74, 6) is 0.566. The Morgan fingerprint density at radius 3 is 2.45 bits per heavy atom. The first-order chi connectivity index (χ1) is 8.20. The second-order valence-electron chi connectivity index (χ2n) is 5.00. The second-order valence-corrected chi connectivity index (χ2v) is 5.00. The van der Waals surface area contributed by atoms with Crippen molar-refractivity contribution in [3.8, 4) is 0 Å². The molecule has 0 N–H and O–H groups in total. The Morgan fingerprint density at radius 2 is 1.85 bits per heavy atom. The van der Waals surface area contributed by atoms with E-state index in [1.165, 1.54) is 33.4 Å². The zero-order valence-electron chi connectivity index (χ0n) is 11.9. The summed E-state index contributed by atoms with van der Waals surface area (Å²) in [6.45, 7) is 6.81. The van der Waals surface area contributed by atoms with Crippen LogP contribution in [0.4, 0.5) is 0 Å². The summed E-state index contributed by atoms with van der Waals surface area (Å²) >= 11 is 0. The van der Waals surface area contributed by atoms with Gasteiger partial charge in [0.1, 0.15) is 0 Å². The van der Waals surface area contributed by atoms with Crippen molar-refractivity contribution < 1.29 is 51.0 Å². The fourth-order valence-electron chi connectivity index (χ4n) is 2.92. The van der Waals surface area contributed by atoms with E-state index in [1.54, 1.807) is 0 Å². The van der Waals surface area contributed by atoms with Gasteiger partial charge in [-0.05, 0) is 19.4 Å². The molecule has 0 aliphatic heterocycles. The molecule has 20 heavy (non-hydrogen) atoms. The number of fused-ring (bicyclic) bond motifs is 1. The van der Waals surface area contributed by atoms with Crippen molar-refractivity contribution >= 4 is 11.1 Å². The molecule has 1 aromatic carbocycles. The third-order valence-corrected chi connectivity index (χ3v) is 4.16. The first-order valence-electron chi connectivity index (χ1n) is 6.28. The maximum absolute atomic E-state index is 3.44. The third-order valence-electron chi connectivity index (χ3n) is 4.16. The zero-order valence-corrected chi connectivity index (χ0v) is 15.9. The quantitative estimate of drug-likeness (QED) is 0.532. The Balaban J connectivity index is 0.00000120. The molecule has 3 heteroatoms. The van der Waals surface area contributed by atoms with Crippen molar-refractivity contribution in [2.24, 2.45) is 0 Å². The fourth-order valence-corrected chi connectivity index (χ4v) is 2.92. The van der Waals surface area contributed by atoms with E-state index in [-0.39, 0.29) is 51.0 Å². The monoisotopic (exact) mass is 381 g/mol. The number of benzene rings is 1. The van der Waals surface area contributed by atoms with Crippen molar-refractivity contribution in [3.05, 3.63) is 58.7 Å². The molecule has 2 aliphatic carbocycles. The molecule has 0 aromatic heterocycles. The Kier molecular flexibility index (Phi) is 7.74. The fraction of sp³-hybridized carbons (Fsp3) is 0.294. The molecule has 103 valence electrons.